The van der Waals surface area contributed by atoms with E-state index in [0.29, 0.717) is 24.4 Å². The molecule has 0 radical (unpaired) electrons. The minimum Gasteiger partial charge on any atom is -0.353 e. The lowest BCUT2D eigenvalue weighted by Crippen LogP contribution is -2.40. The average molecular weight is 238 g/mol. The number of nitrogens with one attached hydrogen (secondary N) is 1. The zero-order valence-corrected chi connectivity index (χ0v) is 11.0. The molecule has 4 unspecified atom stereocenters. The Morgan fingerprint density at radius 1 is 1.29 bits per heavy atom. The van der Waals surface area contributed by atoms with Crippen molar-refractivity contribution in [2.75, 3.05) is 6.54 Å². The lowest BCUT2D eigenvalue weighted by atomic mass is 10.00. The number of rotatable bonds is 4. The molecule has 4 atom stereocenters. The van der Waals surface area contributed by atoms with Crippen LogP contribution in [0.1, 0.15) is 51.9 Å². The third-order valence-corrected chi connectivity index (χ3v) is 4.59. The van der Waals surface area contributed by atoms with Crippen LogP contribution in [0.25, 0.3) is 0 Å². The van der Waals surface area contributed by atoms with E-state index < -0.39 is 0 Å². The molecule has 0 heterocycles. The molecular weight excluding hydrogens is 212 g/mol. The van der Waals surface area contributed by atoms with Gasteiger partial charge < -0.3 is 11.1 Å². The van der Waals surface area contributed by atoms with Crippen molar-refractivity contribution in [1.82, 2.24) is 5.32 Å². The first kappa shape index (κ1) is 12.9. The lowest BCUT2D eigenvalue weighted by molar-refractivity contribution is -0.122. The van der Waals surface area contributed by atoms with Gasteiger partial charge in [0.25, 0.3) is 0 Å². The fourth-order valence-electron chi connectivity index (χ4n) is 3.55. The highest BCUT2D eigenvalue weighted by Crippen LogP contribution is 2.32. The zero-order chi connectivity index (χ0) is 12.3. The molecule has 2 aliphatic carbocycles. The first-order valence-corrected chi connectivity index (χ1v) is 7.18. The third kappa shape index (κ3) is 3.44. The van der Waals surface area contributed by atoms with Crippen molar-refractivity contribution in [3.05, 3.63) is 0 Å². The number of nitrogens with two attached hydrogens (primary N) is 1. The standard InChI is InChI=1S/C14H26N2O/c1-10-5-6-11(7-10)8-14(17)16-13-4-2-3-12(13)9-15/h10-13H,2-9,15H2,1H3,(H,16,17). The Balaban J connectivity index is 1.73. The Bertz CT molecular complexity index is 267. The van der Waals surface area contributed by atoms with Gasteiger partial charge >= 0.3 is 0 Å². The Hall–Kier alpha value is -0.570. The molecule has 2 saturated carbocycles. The van der Waals surface area contributed by atoms with Gasteiger partial charge in [-0.2, -0.15) is 0 Å². The topological polar surface area (TPSA) is 55.1 Å². The van der Waals surface area contributed by atoms with Crippen molar-refractivity contribution in [3.8, 4) is 0 Å². The SMILES string of the molecule is CC1CCC(CC(=O)NC2CCCC2CN)C1. The Labute approximate surface area is 105 Å². The molecule has 0 aromatic carbocycles. The molecule has 0 aromatic heterocycles. The predicted molar refractivity (Wildman–Crippen MR) is 69.4 cm³/mol. The summed E-state index contributed by atoms with van der Waals surface area (Å²) in [5, 5.41) is 3.20. The molecule has 3 heteroatoms. The fraction of sp³-hybridized carbons (Fsp3) is 0.929. The van der Waals surface area contributed by atoms with E-state index in [2.05, 4.69) is 12.2 Å². The van der Waals surface area contributed by atoms with E-state index in [9.17, 15) is 4.79 Å². The van der Waals surface area contributed by atoms with E-state index in [1.807, 2.05) is 0 Å². The highest BCUT2D eigenvalue weighted by Gasteiger charge is 2.29. The summed E-state index contributed by atoms with van der Waals surface area (Å²) >= 11 is 0. The molecule has 0 aliphatic heterocycles. The van der Waals surface area contributed by atoms with E-state index in [1.165, 1.54) is 32.1 Å². The summed E-state index contributed by atoms with van der Waals surface area (Å²) < 4.78 is 0. The lowest BCUT2D eigenvalue weighted by Gasteiger charge is -2.20. The van der Waals surface area contributed by atoms with E-state index in [1.54, 1.807) is 0 Å². The number of hydrogen-bond acceptors (Lipinski definition) is 2. The maximum atomic E-state index is 12.0. The second-order valence-electron chi connectivity index (χ2n) is 6.09. The van der Waals surface area contributed by atoms with Crippen LogP contribution in [0.5, 0.6) is 0 Å². The first-order valence-electron chi connectivity index (χ1n) is 7.18. The fourth-order valence-corrected chi connectivity index (χ4v) is 3.55. The van der Waals surface area contributed by atoms with Crippen molar-refractivity contribution in [3.63, 3.8) is 0 Å². The molecule has 17 heavy (non-hydrogen) atoms. The number of carbonyl (C=O) groups excluding carboxylic acids is 1. The maximum absolute atomic E-state index is 12.0. The van der Waals surface area contributed by atoms with Gasteiger partial charge in [0, 0.05) is 12.5 Å². The first-order chi connectivity index (χ1) is 8.19. The largest absolute Gasteiger partial charge is 0.353 e. The van der Waals surface area contributed by atoms with Crippen molar-refractivity contribution in [2.45, 2.75) is 57.9 Å². The van der Waals surface area contributed by atoms with Crippen molar-refractivity contribution in [2.24, 2.45) is 23.5 Å². The molecule has 0 saturated heterocycles. The minimum atomic E-state index is 0.259. The molecule has 2 aliphatic rings. The van der Waals surface area contributed by atoms with E-state index >= 15 is 0 Å². The Kier molecular flexibility index (Phi) is 4.43. The Morgan fingerprint density at radius 2 is 2.12 bits per heavy atom. The summed E-state index contributed by atoms with van der Waals surface area (Å²) in [6, 6.07) is 0.353. The maximum Gasteiger partial charge on any atom is 0.220 e. The van der Waals surface area contributed by atoms with Crippen LogP contribution in [0.3, 0.4) is 0 Å². The number of amides is 1. The monoisotopic (exact) mass is 238 g/mol. The minimum absolute atomic E-state index is 0.259. The van der Waals surface area contributed by atoms with E-state index in [-0.39, 0.29) is 5.91 Å². The highest BCUT2D eigenvalue weighted by molar-refractivity contribution is 5.76. The molecule has 3 nitrogen and oxygen atoms in total. The molecule has 0 spiro atoms. The van der Waals surface area contributed by atoms with Gasteiger partial charge in [-0.1, -0.05) is 19.8 Å². The van der Waals surface area contributed by atoms with Gasteiger partial charge in [0.15, 0.2) is 0 Å². The summed E-state index contributed by atoms with van der Waals surface area (Å²) in [4.78, 5) is 12.0. The van der Waals surface area contributed by atoms with Gasteiger partial charge in [-0.25, -0.2) is 0 Å². The summed E-state index contributed by atoms with van der Waals surface area (Å²) in [5.74, 6) is 2.22. The average Bonchev–Trinajstić information content (AvgIpc) is 2.87. The zero-order valence-electron chi connectivity index (χ0n) is 11.0. The molecule has 2 fully saturated rings. The van der Waals surface area contributed by atoms with Gasteiger partial charge in [0.05, 0.1) is 0 Å². The van der Waals surface area contributed by atoms with Gasteiger partial charge in [0.1, 0.15) is 0 Å². The Morgan fingerprint density at radius 3 is 2.76 bits per heavy atom. The van der Waals surface area contributed by atoms with Gasteiger partial charge in [-0.3, -0.25) is 4.79 Å². The molecule has 3 N–H and O–H groups in total. The molecule has 1 amide bonds. The van der Waals surface area contributed by atoms with Crippen molar-refractivity contribution < 1.29 is 4.79 Å². The summed E-state index contributed by atoms with van der Waals surface area (Å²) in [5.41, 5.74) is 5.73. The number of hydrogen-bond donors (Lipinski definition) is 2. The van der Waals surface area contributed by atoms with Crippen LogP contribution in [-0.4, -0.2) is 18.5 Å². The summed E-state index contributed by atoms with van der Waals surface area (Å²) in [6.45, 7) is 3.00. The molecule has 2 rings (SSSR count). The number of carbonyl (C=O) groups is 1. The van der Waals surface area contributed by atoms with Crippen LogP contribution in [0.2, 0.25) is 0 Å². The smallest absolute Gasteiger partial charge is 0.220 e. The van der Waals surface area contributed by atoms with Gasteiger partial charge in [0.2, 0.25) is 5.91 Å². The van der Waals surface area contributed by atoms with Crippen LogP contribution in [-0.2, 0) is 4.79 Å². The van der Waals surface area contributed by atoms with Gasteiger partial charge in [-0.05, 0) is 50.0 Å². The van der Waals surface area contributed by atoms with Crippen LogP contribution in [0.15, 0.2) is 0 Å². The molecule has 0 aromatic rings. The van der Waals surface area contributed by atoms with Crippen LogP contribution >= 0.6 is 0 Å². The second kappa shape index (κ2) is 5.85. The van der Waals surface area contributed by atoms with E-state index in [4.69, 9.17) is 5.73 Å². The second-order valence-corrected chi connectivity index (χ2v) is 6.09. The van der Waals surface area contributed by atoms with E-state index in [0.717, 1.165) is 18.8 Å². The van der Waals surface area contributed by atoms with Crippen molar-refractivity contribution >= 4 is 5.91 Å². The van der Waals surface area contributed by atoms with Crippen molar-refractivity contribution in [1.29, 1.82) is 0 Å². The summed E-state index contributed by atoms with van der Waals surface area (Å²) in [6.07, 6.45) is 8.02. The van der Waals surface area contributed by atoms with Crippen LogP contribution < -0.4 is 11.1 Å². The van der Waals surface area contributed by atoms with Crippen LogP contribution in [0.4, 0.5) is 0 Å². The molecular formula is C14H26N2O. The molecule has 0 bridgehead atoms. The van der Waals surface area contributed by atoms with Gasteiger partial charge in [-0.15, -0.1) is 0 Å². The molecule has 98 valence electrons. The summed E-state index contributed by atoms with van der Waals surface area (Å²) in [7, 11) is 0. The predicted octanol–water partition coefficient (Wildman–Crippen LogP) is 2.06. The quantitative estimate of drug-likeness (QED) is 0.787. The highest BCUT2D eigenvalue weighted by atomic mass is 16.1. The third-order valence-electron chi connectivity index (χ3n) is 4.59. The normalized spacial score (nSPS) is 37.3. The van der Waals surface area contributed by atoms with Crippen LogP contribution in [0, 0.1) is 17.8 Å².